The molecule has 4 nitrogen and oxygen atoms in total. The summed E-state index contributed by atoms with van der Waals surface area (Å²) in [4.78, 5) is 17.8. The number of piperidine rings is 1. The molecule has 15 heavy (non-hydrogen) atoms. The van der Waals surface area contributed by atoms with Crippen LogP contribution in [0, 0.1) is 5.92 Å². The second-order valence-corrected chi connectivity index (χ2v) is 4.94. The van der Waals surface area contributed by atoms with Crippen LogP contribution in [0.1, 0.15) is 30.3 Å². The van der Waals surface area contributed by atoms with Crippen LogP contribution < -0.4 is 5.73 Å². The van der Waals surface area contributed by atoms with Crippen LogP contribution in [0.3, 0.4) is 0 Å². The SMILES string of the molecule is CC1CCN(C(=O)c2csc(N)n2)CC1. The first-order valence-electron chi connectivity index (χ1n) is 5.17. The molecule has 1 fully saturated rings. The summed E-state index contributed by atoms with van der Waals surface area (Å²) in [6, 6.07) is 0. The normalized spacial score (nSPS) is 18.1. The third kappa shape index (κ3) is 2.28. The van der Waals surface area contributed by atoms with Crippen molar-refractivity contribution in [2.45, 2.75) is 19.8 Å². The van der Waals surface area contributed by atoms with Crippen LogP contribution in [-0.2, 0) is 0 Å². The molecule has 0 aromatic carbocycles. The summed E-state index contributed by atoms with van der Waals surface area (Å²) in [5.41, 5.74) is 6.00. The fourth-order valence-corrected chi connectivity index (χ4v) is 2.30. The Morgan fingerprint density at radius 2 is 2.27 bits per heavy atom. The van der Waals surface area contributed by atoms with Gasteiger partial charge in [-0.3, -0.25) is 4.79 Å². The lowest BCUT2D eigenvalue weighted by atomic mass is 9.99. The van der Waals surface area contributed by atoms with Gasteiger partial charge in [-0.15, -0.1) is 11.3 Å². The molecule has 2 heterocycles. The van der Waals surface area contributed by atoms with E-state index in [-0.39, 0.29) is 5.91 Å². The average molecular weight is 225 g/mol. The van der Waals surface area contributed by atoms with E-state index in [1.165, 1.54) is 11.3 Å². The first-order valence-corrected chi connectivity index (χ1v) is 6.05. The van der Waals surface area contributed by atoms with Crippen LogP contribution in [0.15, 0.2) is 5.38 Å². The Bertz CT molecular complexity index is 355. The van der Waals surface area contributed by atoms with Crippen LogP contribution in [0.2, 0.25) is 0 Å². The first-order chi connectivity index (χ1) is 7.16. The van der Waals surface area contributed by atoms with Gasteiger partial charge < -0.3 is 10.6 Å². The quantitative estimate of drug-likeness (QED) is 0.789. The maximum absolute atomic E-state index is 11.9. The van der Waals surface area contributed by atoms with Crippen molar-refractivity contribution in [1.29, 1.82) is 0 Å². The highest BCUT2D eigenvalue weighted by Crippen LogP contribution is 2.19. The van der Waals surface area contributed by atoms with Crippen LogP contribution >= 0.6 is 11.3 Å². The van der Waals surface area contributed by atoms with Gasteiger partial charge in [0, 0.05) is 18.5 Å². The lowest BCUT2D eigenvalue weighted by molar-refractivity contribution is 0.0692. The van der Waals surface area contributed by atoms with Gasteiger partial charge in [0.2, 0.25) is 0 Å². The molecule has 1 aromatic heterocycles. The van der Waals surface area contributed by atoms with Crippen molar-refractivity contribution in [3.8, 4) is 0 Å². The number of anilines is 1. The van der Waals surface area contributed by atoms with Crippen molar-refractivity contribution < 1.29 is 4.79 Å². The highest BCUT2D eigenvalue weighted by molar-refractivity contribution is 7.13. The lowest BCUT2D eigenvalue weighted by Crippen LogP contribution is -2.38. The minimum atomic E-state index is 0.0230. The van der Waals surface area contributed by atoms with E-state index in [9.17, 15) is 4.79 Å². The summed E-state index contributed by atoms with van der Waals surface area (Å²) in [6.07, 6.45) is 2.18. The Hall–Kier alpha value is -1.10. The Labute approximate surface area is 93.1 Å². The molecule has 1 saturated heterocycles. The zero-order valence-electron chi connectivity index (χ0n) is 8.77. The van der Waals surface area contributed by atoms with Gasteiger partial charge in [-0.2, -0.15) is 0 Å². The summed E-state index contributed by atoms with van der Waals surface area (Å²) < 4.78 is 0. The second-order valence-electron chi connectivity index (χ2n) is 4.05. The number of nitrogens with zero attached hydrogens (tertiary/aromatic N) is 2. The summed E-state index contributed by atoms with van der Waals surface area (Å²) >= 11 is 1.32. The van der Waals surface area contributed by atoms with E-state index in [0.29, 0.717) is 10.8 Å². The van der Waals surface area contributed by atoms with Gasteiger partial charge in [0.1, 0.15) is 5.69 Å². The molecule has 2 N–H and O–H groups in total. The Morgan fingerprint density at radius 1 is 1.60 bits per heavy atom. The van der Waals surface area contributed by atoms with Crippen molar-refractivity contribution in [2.24, 2.45) is 5.92 Å². The molecule has 0 saturated carbocycles. The Balaban J connectivity index is 2.02. The number of nitrogen functional groups attached to an aromatic ring is 1. The Kier molecular flexibility index (Phi) is 2.90. The highest BCUT2D eigenvalue weighted by Gasteiger charge is 2.22. The molecule has 1 aliphatic rings. The van der Waals surface area contributed by atoms with E-state index in [2.05, 4.69) is 11.9 Å². The van der Waals surface area contributed by atoms with Crippen molar-refractivity contribution in [1.82, 2.24) is 9.88 Å². The van der Waals surface area contributed by atoms with E-state index in [4.69, 9.17) is 5.73 Å². The van der Waals surface area contributed by atoms with Crippen molar-refractivity contribution in [3.05, 3.63) is 11.1 Å². The van der Waals surface area contributed by atoms with Crippen molar-refractivity contribution >= 4 is 22.4 Å². The number of hydrogen-bond donors (Lipinski definition) is 1. The number of carbonyl (C=O) groups excluding carboxylic acids is 1. The second kappa shape index (κ2) is 4.18. The summed E-state index contributed by atoms with van der Waals surface area (Å²) in [5, 5.41) is 2.19. The zero-order chi connectivity index (χ0) is 10.8. The van der Waals surface area contributed by atoms with Gasteiger partial charge in [0.15, 0.2) is 5.13 Å². The number of nitrogens with two attached hydrogens (primary N) is 1. The van der Waals surface area contributed by atoms with Crippen LogP contribution in [-0.4, -0.2) is 28.9 Å². The lowest BCUT2D eigenvalue weighted by Gasteiger charge is -2.29. The van der Waals surface area contributed by atoms with Crippen LogP contribution in [0.4, 0.5) is 5.13 Å². The van der Waals surface area contributed by atoms with Gasteiger partial charge in [-0.25, -0.2) is 4.98 Å². The largest absolute Gasteiger partial charge is 0.375 e. The van der Waals surface area contributed by atoms with Gasteiger partial charge in [0.25, 0.3) is 5.91 Å². The maximum atomic E-state index is 11.9. The topological polar surface area (TPSA) is 59.2 Å². The first kappa shape index (κ1) is 10.4. The average Bonchev–Trinajstić information content (AvgIpc) is 2.65. The van der Waals surface area contributed by atoms with E-state index in [0.717, 1.165) is 31.8 Å². The molecule has 0 atom stereocenters. The molecule has 0 aliphatic carbocycles. The molecule has 1 aliphatic heterocycles. The highest BCUT2D eigenvalue weighted by atomic mass is 32.1. The molecule has 0 radical (unpaired) electrons. The predicted molar refractivity (Wildman–Crippen MR) is 60.8 cm³/mol. The summed E-state index contributed by atoms with van der Waals surface area (Å²) in [7, 11) is 0. The van der Waals surface area contributed by atoms with Crippen LogP contribution in [0.5, 0.6) is 0 Å². The van der Waals surface area contributed by atoms with Gasteiger partial charge in [0.05, 0.1) is 0 Å². The van der Waals surface area contributed by atoms with Crippen molar-refractivity contribution in [3.63, 3.8) is 0 Å². The third-order valence-electron chi connectivity index (χ3n) is 2.81. The molecule has 2 rings (SSSR count). The number of carbonyl (C=O) groups is 1. The predicted octanol–water partition coefficient (Wildman–Crippen LogP) is 1.60. The number of rotatable bonds is 1. The molecular formula is C10H15N3OS. The number of likely N-dealkylation sites (tertiary alicyclic amines) is 1. The molecule has 0 unspecified atom stereocenters. The summed E-state index contributed by atoms with van der Waals surface area (Å²) in [6.45, 7) is 3.91. The minimum Gasteiger partial charge on any atom is -0.375 e. The van der Waals surface area contributed by atoms with E-state index in [1.807, 2.05) is 4.90 Å². The number of hydrogen-bond acceptors (Lipinski definition) is 4. The maximum Gasteiger partial charge on any atom is 0.273 e. The third-order valence-corrected chi connectivity index (χ3v) is 3.49. The standard InChI is InChI=1S/C10H15N3OS/c1-7-2-4-13(5-3-7)9(14)8-6-15-10(11)12-8/h6-7H,2-5H2,1H3,(H2,11,12). The van der Waals surface area contributed by atoms with Gasteiger partial charge in [-0.05, 0) is 18.8 Å². The minimum absolute atomic E-state index is 0.0230. The van der Waals surface area contributed by atoms with E-state index >= 15 is 0 Å². The molecule has 82 valence electrons. The number of aromatic nitrogens is 1. The number of amides is 1. The van der Waals surface area contributed by atoms with E-state index in [1.54, 1.807) is 5.38 Å². The monoisotopic (exact) mass is 225 g/mol. The number of thiazole rings is 1. The Morgan fingerprint density at radius 3 is 2.80 bits per heavy atom. The fourth-order valence-electron chi connectivity index (χ4n) is 1.76. The smallest absolute Gasteiger partial charge is 0.273 e. The van der Waals surface area contributed by atoms with Crippen molar-refractivity contribution in [2.75, 3.05) is 18.8 Å². The molecule has 5 heteroatoms. The molecule has 1 amide bonds. The molecule has 0 spiro atoms. The van der Waals surface area contributed by atoms with Gasteiger partial charge >= 0.3 is 0 Å². The summed E-state index contributed by atoms with van der Waals surface area (Å²) in [5.74, 6) is 0.754. The van der Waals surface area contributed by atoms with Crippen LogP contribution in [0.25, 0.3) is 0 Å². The molecular weight excluding hydrogens is 210 g/mol. The fraction of sp³-hybridized carbons (Fsp3) is 0.600. The molecule has 1 aromatic rings. The van der Waals surface area contributed by atoms with Gasteiger partial charge in [-0.1, -0.05) is 6.92 Å². The zero-order valence-corrected chi connectivity index (χ0v) is 9.59. The molecule has 0 bridgehead atoms. The van der Waals surface area contributed by atoms with E-state index < -0.39 is 0 Å².